The number of nitrogens with one attached hydrogen (secondary N) is 1. The first-order chi connectivity index (χ1) is 9.20. The Balaban J connectivity index is 2.12. The number of imidazole rings is 1. The summed E-state index contributed by atoms with van der Waals surface area (Å²) >= 11 is 2.35. The highest BCUT2D eigenvalue weighted by molar-refractivity contribution is 14.1. The van der Waals surface area contributed by atoms with Crippen molar-refractivity contribution in [3.05, 3.63) is 21.8 Å². The average Bonchev–Trinajstić information content (AvgIpc) is 3.14. The van der Waals surface area contributed by atoms with E-state index in [0.717, 1.165) is 27.5 Å². The van der Waals surface area contributed by atoms with Crippen LogP contribution >= 0.6 is 22.6 Å². The van der Waals surface area contributed by atoms with Crippen LogP contribution in [0.2, 0.25) is 0 Å². The summed E-state index contributed by atoms with van der Waals surface area (Å²) < 4.78 is 3.11. The van der Waals surface area contributed by atoms with E-state index in [4.69, 9.17) is 4.98 Å². The summed E-state index contributed by atoms with van der Waals surface area (Å²) in [5.41, 5.74) is 2.14. The highest BCUT2D eigenvalue weighted by Crippen LogP contribution is 2.42. The maximum absolute atomic E-state index is 4.76. The lowest BCUT2D eigenvalue weighted by Gasteiger charge is -2.12. The molecule has 0 spiro atoms. The van der Waals surface area contributed by atoms with Crippen LogP contribution in [0.3, 0.4) is 0 Å². The molecule has 0 unspecified atom stereocenters. The number of hydrogen-bond donors (Lipinski definition) is 1. The van der Waals surface area contributed by atoms with Crippen molar-refractivity contribution < 1.29 is 0 Å². The van der Waals surface area contributed by atoms with Gasteiger partial charge in [-0.1, -0.05) is 0 Å². The fourth-order valence-corrected chi connectivity index (χ4v) is 2.94. The Morgan fingerprint density at radius 1 is 1.42 bits per heavy atom. The van der Waals surface area contributed by atoms with Crippen molar-refractivity contribution in [2.24, 2.45) is 7.05 Å². The third kappa shape index (κ3) is 2.45. The van der Waals surface area contributed by atoms with Gasteiger partial charge in [0.15, 0.2) is 5.82 Å². The Kier molecular flexibility index (Phi) is 3.42. The van der Waals surface area contributed by atoms with E-state index in [2.05, 4.69) is 44.8 Å². The van der Waals surface area contributed by atoms with Crippen LogP contribution in [0.25, 0.3) is 11.5 Å². The monoisotopic (exact) mass is 369 g/mol. The van der Waals surface area contributed by atoms with Gasteiger partial charge in [-0.15, -0.1) is 0 Å². The molecule has 1 saturated carbocycles. The van der Waals surface area contributed by atoms with E-state index in [-0.39, 0.29) is 0 Å². The number of rotatable bonds is 4. The van der Waals surface area contributed by atoms with Gasteiger partial charge in [0, 0.05) is 19.5 Å². The average molecular weight is 369 g/mol. The Bertz CT molecular complexity index is 603. The molecule has 0 atom stereocenters. The minimum absolute atomic E-state index is 0.610. The SMILES string of the molecule is CCNc1nc(-c2cncn2C)nc(C2CC2)c1I. The van der Waals surface area contributed by atoms with E-state index in [0.29, 0.717) is 5.92 Å². The van der Waals surface area contributed by atoms with Crippen LogP contribution in [0.4, 0.5) is 5.82 Å². The Morgan fingerprint density at radius 2 is 2.21 bits per heavy atom. The first-order valence-corrected chi connectivity index (χ1v) is 7.56. The number of anilines is 1. The predicted octanol–water partition coefficient (Wildman–Crippen LogP) is 2.79. The number of aromatic nitrogens is 4. The van der Waals surface area contributed by atoms with E-state index in [1.807, 2.05) is 17.8 Å². The van der Waals surface area contributed by atoms with Crippen LogP contribution in [0, 0.1) is 3.57 Å². The van der Waals surface area contributed by atoms with Gasteiger partial charge >= 0.3 is 0 Å². The lowest BCUT2D eigenvalue weighted by Crippen LogP contribution is -2.08. The second kappa shape index (κ2) is 5.07. The molecule has 3 rings (SSSR count). The van der Waals surface area contributed by atoms with E-state index < -0.39 is 0 Å². The second-order valence-corrected chi connectivity index (χ2v) is 5.87. The molecule has 1 aliphatic rings. The van der Waals surface area contributed by atoms with E-state index in [1.165, 1.54) is 18.5 Å². The summed E-state index contributed by atoms with van der Waals surface area (Å²) in [6, 6.07) is 0. The molecule has 0 bridgehead atoms. The number of aryl methyl sites for hydroxylation is 1. The van der Waals surface area contributed by atoms with Gasteiger partial charge in [0.1, 0.15) is 11.5 Å². The summed E-state index contributed by atoms with van der Waals surface area (Å²) in [5, 5.41) is 3.33. The lowest BCUT2D eigenvalue weighted by molar-refractivity contribution is 0.895. The molecule has 6 heteroatoms. The molecule has 1 N–H and O–H groups in total. The van der Waals surface area contributed by atoms with Crippen molar-refractivity contribution in [3.8, 4) is 11.5 Å². The third-order valence-corrected chi connectivity index (χ3v) is 4.29. The number of hydrogen-bond acceptors (Lipinski definition) is 4. The molecule has 0 saturated heterocycles. The summed E-state index contributed by atoms with van der Waals surface area (Å²) in [4.78, 5) is 13.6. The normalized spacial score (nSPS) is 14.7. The van der Waals surface area contributed by atoms with Crippen molar-refractivity contribution in [1.29, 1.82) is 0 Å². The maximum atomic E-state index is 4.76. The predicted molar refractivity (Wildman–Crippen MR) is 83.1 cm³/mol. The molecule has 19 heavy (non-hydrogen) atoms. The van der Waals surface area contributed by atoms with Crippen molar-refractivity contribution in [3.63, 3.8) is 0 Å². The molecule has 0 radical (unpaired) electrons. The number of halogens is 1. The van der Waals surface area contributed by atoms with E-state index >= 15 is 0 Å². The highest BCUT2D eigenvalue weighted by atomic mass is 127. The molecule has 2 heterocycles. The van der Waals surface area contributed by atoms with Gasteiger partial charge in [0.2, 0.25) is 0 Å². The van der Waals surface area contributed by atoms with Crippen LogP contribution in [-0.2, 0) is 7.05 Å². The molecular formula is C13H16IN5. The summed E-state index contributed by atoms with van der Waals surface area (Å²) in [6.45, 7) is 2.95. The van der Waals surface area contributed by atoms with Gasteiger partial charge in [-0.25, -0.2) is 15.0 Å². The van der Waals surface area contributed by atoms with Crippen LogP contribution < -0.4 is 5.32 Å². The summed E-state index contributed by atoms with van der Waals surface area (Å²) in [5.74, 6) is 2.31. The molecule has 0 amide bonds. The molecule has 1 aliphatic carbocycles. The highest BCUT2D eigenvalue weighted by Gasteiger charge is 2.29. The zero-order valence-corrected chi connectivity index (χ0v) is 13.2. The van der Waals surface area contributed by atoms with E-state index in [9.17, 15) is 0 Å². The van der Waals surface area contributed by atoms with Crippen molar-refractivity contribution >= 4 is 28.4 Å². The maximum Gasteiger partial charge on any atom is 0.180 e. The van der Waals surface area contributed by atoms with Gasteiger partial charge < -0.3 is 9.88 Å². The molecule has 5 nitrogen and oxygen atoms in total. The largest absolute Gasteiger partial charge is 0.369 e. The van der Waals surface area contributed by atoms with Crippen molar-refractivity contribution in [2.45, 2.75) is 25.7 Å². The van der Waals surface area contributed by atoms with Crippen molar-refractivity contribution in [2.75, 3.05) is 11.9 Å². The smallest absolute Gasteiger partial charge is 0.180 e. The first-order valence-electron chi connectivity index (χ1n) is 6.48. The zero-order valence-electron chi connectivity index (χ0n) is 11.0. The molecule has 100 valence electrons. The van der Waals surface area contributed by atoms with E-state index in [1.54, 1.807) is 6.33 Å². The summed E-state index contributed by atoms with van der Waals surface area (Å²) in [7, 11) is 1.97. The molecule has 2 aromatic rings. The summed E-state index contributed by atoms with van der Waals surface area (Å²) in [6.07, 6.45) is 6.07. The topological polar surface area (TPSA) is 55.6 Å². The minimum atomic E-state index is 0.610. The fourth-order valence-electron chi connectivity index (χ4n) is 2.06. The molecule has 0 aromatic carbocycles. The van der Waals surface area contributed by atoms with Crippen LogP contribution in [-0.4, -0.2) is 26.1 Å². The molecule has 2 aromatic heterocycles. The van der Waals surface area contributed by atoms with Crippen LogP contribution in [0.1, 0.15) is 31.4 Å². The zero-order chi connectivity index (χ0) is 13.4. The van der Waals surface area contributed by atoms with Crippen LogP contribution in [0.5, 0.6) is 0 Å². The first kappa shape index (κ1) is 12.8. The van der Waals surface area contributed by atoms with Crippen molar-refractivity contribution in [1.82, 2.24) is 19.5 Å². The van der Waals surface area contributed by atoms with Gasteiger partial charge in [-0.05, 0) is 42.4 Å². The Hall–Kier alpha value is -1.18. The molecular weight excluding hydrogens is 353 g/mol. The Morgan fingerprint density at radius 3 is 2.79 bits per heavy atom. The van der Waals surface area contributed by atoms with Gasteiger partial charge in [0.05, 0.1) is 21.8 Å². The Labute approximate surface area is 126 Å². The standard InChI is InChI=1S/C13H16IN5/c1-3-16-13-10(14)11(8-4-5-8)17-12(18-13)9-6-15-7-19(9)2/h6-8H,3-5H2,1-2H3,(H,16,17,18). The molecule has 0 aliphatic heterocycles. The quantitative estimate of drug-likeness (QED) is 0.843. The number of nitrogens with zero attached hydrogens (tertiary/aromatic N) is 4. The molecule has 1 fully saturated rings. The van der Waals surface area contributed by atoms with Gasteiger partial charge in [-0.3, -0.25) is 0 Å². The van der Waals surface area contributed by atoms with Gasteiger partial charge in [0.25, 0.3) is 0 Å². The second-order valence-electron chi connectivity index (χ2n) is 4.79. The fraction of sp³-hybridized carbons (Fsp3) is 0.462. The third-order valence-electron chi connectivity index (χ3n) is 3.23. The lowest BCUT2D eigenvalue weighted by atomic mass is 10.2. The van der Waals surface area contributed by atoms with Crippen LogP contribution in [0.15, 0.2) is 12.5 Å². The van der Waals surface area contributed by atoms with Gasteiger partial charge in [-0.2, -0.15) is 0 Å². The minimum Gasteiger partial charge on any atom is -0.369 e.